The second kappa shape index (κ2) is 9.88. The first-order chi connectivity index (χ1) is 14.0. The van der Waals surface area contributed by atoms with Crippen LogP contribution in [0.5, 0.6) is 5.75 Å². The second-order valence-corrected chi connectivity index (χ2v) is 7.56. The maximum Gasteiger partial charge on any atom is 0.244 e. The number of para-hydroxylation sites is 1. The summed E-state index contributed by atoms with van der Waals surface area (Å²) in [6.07, 6.45) is 3.41. The van der Waals surface area contributed by atoms with E-state index in [9.17, 15) is 9.59 Å². The molecule has 0 spiro atoms. The van der Waals surface area contributed by atoms with Crippen LogP contribution in [0.25, 0.3) is 0 Å². The number of carbonyl (C=O) groups is 2. The van der Waals surface area contributed by atoms with Crippen LogP contribution in [0.1, 0.15) is 24.3 Å². The highest BCUT2D eigenvalue weighted by Gasteiger charge is 2.18. The molecule has 1 atom stereocenters. The van der Waals surface area contributed by atoms with Crippen molar-refractivity contribution in [2.24, 2.45) is 0 Å². The predicted octanol–water partition coefficient (Wildman–Crippen LogP) is 3.57. The van der Waals surface area contributed by atoms with Gasteiger partial charge in [-0.05, 0) is 30.5 Å². The molecule has 2 aromatic heterocycles. The van der Waals surface area contributed by atoms with E-state index in [1.54, 1.807) is 29.5 Å². The summed E-state index contributed by atoms with van der Waals surface area (Å²) in [5.74, 6) is 0.505. The molecule has 29 heavy (non-hydrogen) atoms. The Bertz CT molecular complexity index is 925. The number of thiophene rings is 1. The summed E-state index contributed by atoms with van der Waals surface area (Å²) in [5.41, 5.74) is 0.552. The molecule has 0 saturated heterocycles. The quantitative estimate of drug-likeness (QED) is 0.583. The molecule has 0 bridgehead atoms. The van der Waals surface area contributed by atoms with Crippen LogP contribution in [-0.4, -0.2) is 40.1 Å². The van der Waals surface area contributed by atoms with E-state index in [0.717, 1.165) is 10.6 Å². The summed E-state index contributed by atoms with van der Waals surface area (Å²) in [4.78, 5) is 27.4. The van der Waals surface area contributed by atoms with E-state index in [4.69, 9.17) is 4.74 Å². The van der Waals surface area contributed by atoms with Gasteiger partial charge in [0, 0.05) is 18.1 Å². The minimum Gasteiger partial charge on any atom is -0.493 e. The van der Waals surface area contributed by atoms with Crippen LogP contribution in [0, 0.1) is 0 Å². The molecule has 152 valence electrons. The average molecular weight is 413 g/mol. The number of rotatable bonds is 9. The molecule has 1 aromatic carbocycles. The predicted molar refractivity (Wildman–Crippen MR) is 113 cm³/mol. The maximum absolute atomic E-state index is 12.5. The van der Waals surface area contributed by atoms with Crippen molar-refractivity contribution in [2.75, 3.05) is 19.0 Å². The van der Waals surface area contributed by atoms with Crippen molar-refractivity contribution in [3.63, 3.8) is 0 Å². The summed E-state index contributed by atoms with van der Waals surface area (Å²) in [6.45, 7) is 2.39. The second-order valence-electron chi connectivity index (χ2n) is 6.58. The van der Waals surface area contributed by atoms with E-state index in [0.29, 0.717) is 5.69 Å². The molecule has 0 saturated carbocycles. The fraction of sp³-hybridized carbons (Fsp3) is 0.286. The first kappa shape index (κ1) is 20.6. The summed E-state index contributed by atoms with van der Waals surface area (Å²) >= 11 is 1.62. The van der Waals surface area contributed by atoms with E-state index in [1.165, 1.54) is 10.9 Å². The van der Waals surface area contributed by atoms with Gasteiger partial charge in [-0.25, -0.2) is 0 Å². The summed E-state index contributed by atoms with van der Waals surface area (Å²) in [5, 5.41) is 8.94. The molecule has 2 heterocycles. The van der Waals surface area contributed by atoms with E-state index in [1.807, 2.05) is 54.8 Å². The molecule has 1 unspecified atom stereocenters. The van der Waals surface area contributed by atoms with Crippen LogP contribution in [0.3, 0.4) is 0 Å². The van der Waals surface area contributed by atoms with Gasteiger partial charge in [0.2, 0.25) is 11.8 Å². The molecule has 0 radical (unpaired) electrons. The Kier molecular flexibility index (Phi) is 7.02. The van der Waals surface area contributed by atoms with E-state index < -0.39 is 0 Å². The van der Waals surface area contributed by atoms with Crippen molar-refractivity contribution in [3.05, 3.63) is 65.1 Å². The van der Waals surface area contributed by atoms with Gasteiger partial charge in [0.05, 0.1) is 31.0 Å². The van der Waals surface area contributed by atoms with Crippen molar-refractivity contribution < 1.29 is 14.3 Å². The lowest BCUT2D eigenvalue weighted by Crippen LogP contribution is -2.32. The zero-order valence-corrected chi connectivity index (χ0v) is 17.3. The van der Waals surface area contributed by atoms with Crippen LogP contribution in [0.2, 0.25) is 0 Å². The number of amides is 2. The molecule has 0 fully saturated rings. The van der Waals surface area contributed by atoms with Gasteiger partial charge in [-0.2, -0.15) is 5.10 Å². The smallest absolute Gasteiger partial charge is 0.244 e. The molecule has 3 rings (SSSR count). The summed E-state index contributed by atoms with van der Waals surface area (Å²) in [7, 11) is 1.78. The number of nitrogens with one attached hydrogen (secondary N) is 1. The standard InChI is InChI=1S/C21H24N4O3S/c1-16(19-9-6-12-29-19)24(2)21(27)15-25-14-17(13-22-25)23-20(26)10-11-28-18-7-4-3-5-8-18/h3-9,12-14,16H,10-11,15H2,1-2H3,(H,23,26). The Morgan fingerprint density at radius 2 is 2.03 bits per heavy atom. The van der Waals surface area contributed by atoms with Crippen molar-refractivity contribution in [1.29, 1.82) is 0 Å². The highest BCUT2D eigenvalue weighted by molar-refractivity contribution is 7.10. The Hall–Kier alpha value is -3.13. The summed E-state index contributed by atoms with van der Waals surface area (Å²) in [6, 6.07) is 13.3. The molecule has 0 aliphatic heterocycles. The molecular formula is C21H24N4O3S. The Labute approximate surface area is 173 Å². The number of ether oxygens (including phenoxy) is 1. The Balaban J connectivity index is 1.45. The van der Waals surface area contributed by atoms with Crippen molar-refractivity contribution in [3.8, 4) is 5.75 Å². The molecule has 3 aromatic rings. The zero-order valence-electron chi connectivity index (χ0n) is 16.4. The number of aromatic nitrogens is 2. The number of hydrogen-bond donors (Lipinski definition) is 1. The van der Waals surface area contributed by atoms with Crippen molar-refractivity contribution in [2.45, 2.75) is 25.9 Å². The van der Waals surface area contributed by atoms with E-state index >= 15 is 0 Å². The Morgan fingerprint density at radius 3 is 2.76 bits per heavy atom. The lowest BCUT2D eigenvalue weighted by molar-refractivity contribution is -0.132. The largest absolute Gasteiger partial charge is 0.493 e. The summed E-state index contributed by atoms with van der Waals surface area (Å²) < 4.78 is 7.04. The molecule has 8 heteroatoms. The van der Waals surface area contributed by atoms with Gasteiger partial charge in [-0.3, -0.25) is 14.3 Å². The third-order valence-corrected chi connectivity index (χ3v) is 5.53. The number of hydrogen-bond acceptors (Lipinski definition) is 5. The molecule has 2 amide bonds. The van der Waals surface area contributed by atoms with Crippen LogP contribution >= 0.6 is 11.3 Å². The third kappa shape index (κ3) is 5.92. The van der Waals surface area contributed by atoms with Gasteiger partial charge < -0.3 is 15.0 Å². The average Bonchev–Trinajstić information content (AvgIpc) is 3.40. The minimum absolute atomic E-state index is 0.00171. The van der Waals surface area contributed by atoms with Gasteiger partial charge in [-0.15, -0.1) is 11.3 Å². The van der Waals surface area contributed by atoms with Crippen LogP contribution in [0.4, 0.5) is 5.69 Å². The highest BCUT2D eigenvalue weighted by Crippen LogP contribution is 2.23. The number of carbonyl (C=O) groups excluding carboxylic acids is 2. The normalized spacial score (nSPS) is 11.7. The van der Waals surface area contributed by atoms with Gasteiger partial charge in [-0.1, -0.05) is 24.3 Å². The van der Waals surface area contributed by atoms with Crippen LogP contribution in [-0.2, 0) is 16.1 Å². The van der Waals surface area contributed by atoms with Gasteiger partial charge in [0.15, 0.2) is 0 Å². The van der Waals surface area contributed by atoms with E-state index in [-0.39, 0.29) is 37.4 Å². The lowest BCUT2D eigenvalue weighted by atomic mass is 10.2. The van der Waals surface area contributed by atoms with Gasteiger partial charge in [0.1, 0.15) is 12.3 Å². The topological polar surface area (TPSA) is 76.5 Å². The third-order valence-electron chi connectivity index (χ3n) is 4.48. The molecule has 0 aliphatic carbocycles. The highest BCUT2D eigenvalue weighted by atomic mass is 32.1. The monoisotopic (exact) mass is 412 g/mol. The van der Waals surface area contributed by atoms with Gasteiger partial charge in [0.25, 0.3) is 0 Å². The minimum atomic E-state index is -0.171. The van der Waals surface area contributed by atoms with Gasteiger partial charge >= 0.3 is 0 Å². The van der Waals surface area contributed by atoms with Crippen molar-refractivity contribution in [1.82, 2.24) is 14.7 Å². The van der Waals surface area contributed by atoms with Crippen LogP contribution in [0.15, 0.2) is 60.2 Å². The first-order valence-corrected chi connectivity index (χ1v) is 10.2. The SMILES string of the molecule is CC(c1cccs1)N(C)C(=O)Cn1cc(NC(=O)CCOc2ccccc2)cn1. The number of nitrogens with zero attached hydrogens (tertiary/aromatic N) is 3. The molecule has 1 N–H and O–H groups in total. The number of anilines is 1. The first-order valence-electron chi connectivity index (χ1n) is 9.32. The van der Waals surface area contributed by atoms with Crippen molar-refractivity contribution >= 4 is 28.8 Å². The molecule has 0 aliphatic rings. The number of benzene rings is 1. The molecule has 7 nitrogen and oxygen atoms in total. The zero-order chi connectivity index (χ0) is 20.6. The molecular weight excluding hydrogens is 388 g/mol. The number of likely N-dealkylation sites (N-methyl/N-ethyl adjacent to an activating group) is 1. The Morgan fingerprint density at radius 1 is 1.24 bits per heavy atom. The fourth-order valence-electron chi connectivity index (χ4n) is 2.70. The lowest BCUT2D eigenvalue weighted by Gasteiger charge is -2.24. The maximum atomic E-state index is 12.5. The fourth-order valence-corrected chi connectivity index (χ4v) is 3.53. The van der Waals surface area contributed by atoms with E-state index in [2.05, 4.69) is 10.4 Å². The van der Waals surface area contributed by atoms with Crippen LogP contribution < -0.4 is 10.1 Å².